The molecule has 0 atom stereocenters. The Morgan fingerprint density at radius 2 is 1.59 bits per heavy atom. The van der Waals surface area contributed by atoms with Crippen LogP contribution in [0.25, 0.3) is 6.08 Å². The predicted molar refractivity (Wildman–Crippen MR) is 174 cm³/mol. The maximum absolute atomic E-state index is 13.8. The van der Waals surface area contributed by atoms with Gasteiger partial charge in [-0.05, 0) is 48.2 Å². The van der Waals surface area contributed by atoms with E-state index >= 15 is 0 Å². The summed E-state index contributed by atoms with van der Waals surface area (Å²) in [6.07, 6.45) is 12.7. The number of hydrogen-bond acceptors (Lipinski definition) is 4. The van der Waals surface area contributed by atoms with Crippen LogP contribution in [0.3, 0.4) is 0 Å². The van der Waals surface area contributed by atoms with Crippen molar-refractivity contribution in [3.8, 4) is 0 Å². The molecule has 2 aliphatic heterocycles. The van der Waals surface area contributed by atoms with Crippen LogP contribution in [-0.2, 0) is 10.2 Å². The molecule has 0 bridgehead atoms. The van der Waals surface area contributed by atoms with Gasteiger partial charge in [0.2, 0.25) is 0 Å². The standard InChI is InChI=1S/C37H42N3O4/c41-35(30-13-5-2-6-14-30)21-25-40(24-9-12-29-10-3-1-4-11-29)26-22-37(23-27-40)28-38(34-16-8-7-15-33(34)37)36(42)31-17-19-32(20-18-31)39(43)44/h1,3-4,7-12,15-20,30H,2,5-6,13-14,21-28H2/q+1/b12-9+. The highest BCUT2D eigenvalue weighted by Crippen LogP contribution is 2.48. The topological polar surface area (TPSA) is 80.5 Å². The monoisotopic (exact) mass is 592 g/mol. The fourth-order valence-electron chi connectivity index (χ4n) is 7.71. The molecule has 0 radical (unpaired) electrons. The number of anilines is 1. The molecule has 1 saturated carbocycles. The highest BCUT2D eigenvalue weighted by atomic mass is 16.6. The summed E-state index contributed by atoms with van der Waals surface area (Å²) in [4.78, 5) is 39.6. The van der Waals surface area contributed by atoms with E-state index in [-0.39, 0.29) is 22.9 Å². The molecule has 7 heteroatoms. The number of amides is 1. The highest BCUT2D eigenvalue weighted by molar-refractivity contribution is 6.07. The molecule has 3 aromatic carbocycles. The zero-order chi connectivity index (χ0) is 30.6. The number of non-ortho nitro benzene ring substituents is 1. The van der Waals surface area contributed by atoms with Crippen LogP contribution in [0.1, 0.15) is 72.9 Å². The van der Waals surface area contributed by atoms with Gasteiger partial charge in [-0.1, -0.05) is 73.9 Å². The Bertz CT molecular complexity index is 1520. The number of hydrogen-bond donors (Lipinski definition) is 0. The number of carbonyl (C=O) groups is 2. The van der Waals surface area contributed by atoms with Crippen LogP contribution in [0.4, 0.5) is 11.4 Å². The van der Waals surface area contributed by atoms with Gasteiger partial charge in [-0.2, -0.15) is 0 Å². The van der Waals surface area contributed by atoms with E-state index in [9.17, 15) is 19.7 Å². The van der Waals surface area contributed by atoms with Crippen LogP contribution in [0.15, 0.2) is 84.9 Å². The molecule has 6 rings (SSSR count). The van der Waals surface area contributed by atoms with E-state index in [1.807, 2.05) is 23.1 Å². The molecule has 0 aromatic heterocycles. The molecule has 2 heterocycles. The van der Waals surface area contributed by atoms with Crippen molar-refractivity contribution >= 4 is 29.1 Å². The Labute approximate surface area is 259 Å². The Kier molecular flexibility index (Phi) is 8.76. The first-order valence-electron chi connectivity index (χ1n) is 16.1. The molecule has 3 aliphatic rings. The first-order valence-corrected chi connectivity index (χ1v) is 16.1. The lowest BCUT2D eigenvalue weighted by Gasteiger charge is -2.47. The second-order valence-corrected chi connectivity index (χ2v) is 13.1. The van der Waals surface area contributed by atoms with Gasteiger partial charge in [0.1, 0.15) is 5.78 Å². The lowest BCUT2D eigenvalue weighted by atomic mass is 9.73. The van der Waals surface area contributed by atoms with Crippen molar-refractivity contribution < 1.29 is 19.0 Å². The zero-order valence-corrected chi connectivity index (χ0v) is 25.4. The van der Waals surface area contributed by atoms with Gasteiger partial charge in [0.25, 0.3) is 11.6 Å². The Hall–Kier alpha value is -4.10. The highest BCUT2D eigenvalue weighted by Gasteiger charge is 2.50. The number of carbonyl (C=O) groups excluding carboxylic acids is 2. The zero-order valence-electron chi connectivity index (χ0n) is 25.4. The third kappa shape index (κ3) is 6.25. The van der Waals surface area contributed by atoms with Crippen LogP contribution in [-0.4, -0.2) is 53.8 Å². The molecule has 2 fully saturated rings. The predicted octanol–water partition coefficient (Wildman–Crippen LogP) is 7.36. The number of likely N-dealkylation sites (tertiary alicyclic amines) is 1. The van der Waals surface area contributed by atoms with Crippen molar-refractivity contribution in [2.75, 3.05) is 37.6 Å². The van der Waals surface area contributed by atoms with E-state index in [1.54, 1.807) is 12.1 Å². The molecule has 44 heavy (non-hydrogen) atoms. The molecular formula is C37H42N3O4+. The van der Waals surface area contributed by atoms with Gasteiger partial charge < -0.3 is 9.38 Å². The number of nitrogens with zero attached hydrogens (tertiary/aromatic N) is 3. The van der Waals surface area contributed by atoms with Crippen molar-refractivity contribution in [1.29, 1.82) is 0 Å². The van der Waals surface area contributed by atoms with E-state index in [0.717, 1.165) is 62.0 Å². The molecule has 228 valence electrons. The molecule has 1 saturated heterocycles. The van der Waals surface area contributed by atoms with Crippen molar-refractivity contribution in [1.82, 2.24) is 0 Å². The normalized spacial score (nSPS) is 23.6. The Morgan fingerprint density at radius 1 is 0.909 bits per heavy atom. The number of nitro benzene ring substituents is 1. The number of piperidine rings is 1. The van der Waals surface area contributed by atoms with Crippen molar-refractivity contribution in [3.63, 3.8) is 0 Å². The second kappa shape index (κ2) is 12.9. The number of fused-ring (bicyclic) bond motifs is 2. The SMILES string of the molecule is O=C(CC[N+]1(C/C=C/c2ccccc2)CCC2(CC1)CN(C(=O)c1ccc([N+](=O)[O-])cc1)c1ccccc12)C1CCCCC1. The van der Waals surface area contributed by atoms with Gasteiger partial charge in [-0.3, -0.25) is 19.7 Å². The van der Waals surface area contributed by atoms with Crippen LogP contribution >= 0.6 is 0 Å². The lowest BCUT2D eigenvalue weighted by Crippen LogP contribution is -2.58. The number of ketones is 1. The van der Waals surface area contributed by atoms with E-state index in [1.165, 1.54) is 42.5 Å². The van der Waals surface area contributed by atoms with Gasteiger partial charge in [-0.15, -0.1) is 0 Å². The first kappa shape index (κ1) is 29.9. The van der Waals surface area contributed by atoms with Crippen LogP contribution in [0.5, 0.6) is 0 Å². The minimum Gasteiger partial charge on any atom is -0.320 e. The van der Waals surface area contributed by atoms with Gasteiger partial charge in [0.05, 0.1) is 37.5 Å². The summed E-state index contributed by atoms with van der Waals surface area (Å²) in [6.45, 7) is 4.24. The van der Waals surface area contributed by atoms with Crippen LogP contribution in [0.2, 0.25) is 0 Å². The minimum absolute atomic E-state index is 0.0236. The summed E-state index contributed by atoms with van der Waals surface area (Å²) in [5.41, 5.74) is 3.62. The molecule has 1 spiro atoms. The lowest BCUT2D eigenvalue weighted by molar-refractivity contribution is -0.928. The van der Waals surface area contributed by atoms with Crippen molar-refractivity contribution in [2.24, 2.45) is 5.92 Å². The molecule has 7 nitrogen and oxygen atoms in total. The molecule has 1 aliphatic carbocycles. The molecular weight excluding hydrogens is 550 g/mol. The summed E-state index contributed by atoms with van der Waals surface area (Å²) in [5, 5.41) is 11.1. The number of para-hydroxylation sites is 1. The molecule has 0 N–H and O–H groups in total. The summed E-state index contributed by atoms with van der Waals surface area (Å²) >= 11 is 0. The number of quaternary nitrogens is 1. The first-order chi connectivity index (χ1) is 21.4. The Balaban J connectivity index is 1.21. The molecule has 3 aromatic rings. The maximum atomic E-state index is 13.8. The number of rotatable bonds is 9. The Morgan fingerprint density at radius 3 is 2.30 bits per heavy atom. The van der Waals surface area contributed by atoms with Crippen molar-refractivity contribution in [3.05, 3.63) is 112 Å². The average Bonchev–Trinajstić information content (AvgIpc) is 3.39. The third-order valence-electron chi connectivity index (χ3n) is 10.4. The van der Waals surface area contributed by atoms with E-state index < -0.39 is 4.92 Å². The third-order valence-corrected chi connectivity index (χ3v) is 10.4. The molecule has 1 amide bonds. The molecule has 0 unspecified atom stereocenters. The number of benzene rings is 3. The largest absolute Gasteiger partial charge is 0.320 e. The fourth-order valence-corrected chi connectivity index (χ4v) is 7.71. The number of nitro groups is 1. The van der Waals surface area contributed by atoms with Gasteiger partial charge >= 0.3 is 0 Å². The smallest absolute Gasteiger partial charge is 0.269 e. The quantitative estimate of drug-likeness (QED) is 0.148. The van der Waals surface area contributed by atoms with Gasteiger partial charge in [0, 0.05) is 54.1 Å². The summed E-state index contributed by atoms with van der Waals surface area (Å²) in [6, 6.07) is 24.5. The van der Waals surface area contributed by atoms with E-state index in [0.29, 0.717) is 24.3 Å². The van der Waals surface area contributed by atoms with Gasteiger partial charge in [0.15, 0.2) is 0 Å². The van der Waals surface area contributed by atoms with E-state index in [2.05, 4.69) is 48.6 Å². The summed E-state index contributed by atoms with van der Waals surface area (Å²) < 4.78 is 0.891. The van der Waals surface area contributed by atoms with Gasteiger partial charge in [-0.25, -0.2) is 0 Å². The number of Topliss-reactive ketones (excluding diaryl/α,β-unsaturated/α-hetero) is 1. The maximum Gasteiger partial charge on any atom is 0.269 e. The van der Waals surface area contributed by atoms with Crippen LogP contribution in [0, 0.1) is 16.0 Å². The van der Waals surface area contributed by atoms with E-state index in [4.69, 9.17) is 0 Å². The summed E-state index contributed by atoms with van der Waals surface area (Å²) in [7, 11) is 0. The minimum atomic E-state index is -0.446. The van der Waals surface area contributed by atoms with Crippen LogP contribution < -0.4 is 4.90 Å². The second-order valence-electron chi connectivity index (χ2n) is 13.1. The fraction of sp³-hybridized carbons (Fsp3) is 0.405. The van der Waals surface area contributed by atoms with Crippen molar-refractivity contribution in [2.45, 2.75) is 56.8 Å². The average molecular weight is 593 g/mol. The summed E-state index contributed by atoms with van der Waals surface area (Å²) in [5.74, 6) is 0.556.